The van der Waals surface area contributed by atoms with Crippen LogP contribution in [0.2, 0.25) is 0 Å². The van der Waals surface area contributed by atoms with E-state index < -0.39 is 0 Å². The van der Waals surface area contributed by atoms with Crippen molar-refractivity contribution in [1.82, 2.24) is 14.6 Å². The molecular formula is C20H18N4OS. The molecule has 0 aliphatic heterocycles. The zero-order chi connectivity index (χ0) is 18.1. The maximum Gasteiger partial charge on any atom is 0.237 e. The summed E-state index contributed by atoms with van der Waals surface area (Å²) in [7, 11) is 0. The molecule has 0 saturated heterocycles. The number of carbonyl (C=O) groups excluding carboxylic acids is 1. The molecule has 0 fully saturated rings. The second-order valence-electron chi connectivity index (χ2n) is 6.14. The van der Waals surface area contributed by atoms with Gasteiger partial charge in [0.25, 0.3) is 0 Å². The van der Waals surface area contributed by atoms with Crippen LogP contribution in [0.4, 0.5) is 5.69 Å². The summed E-state index contributed by atoms with van der Waals surface area (Å²) >= 11 is 1.41. The summed E-state index contributed by atoms with van der Waals surface area (Å²) in [4.78, 5) is 12.5. The molecule has 0 aliphatic rings. The van der Waals surface area contributed by atoms with Gasteiger partial charge in [0.15, 0.2) is 10.8 Å². The number of fused-ring (bicyclic) bond motifs is 3. The Bertz CT molecular complexity index is 1090. The highest BCUT2D eigenvalue weighted by Gasteiger charge is 2.19. The van der Waals surface area contributed by atoms with Crippen molar-refractivity contribution in [2.24, 2.45) is 0 Å². The van der Waals surface area contributed by atoms with Gasteiger partial charge in [0, 0.05) is 11.1 Å². The van der Waals surface area contributed by atoms with Crippen LogP contribution in [0.25, 0.3) is 16.6 Å². The number of anilines is 1. The van der Waals surface area contributed by atoms with E-state index in [1.807, 2.05) is 59.9 Å². The fraction of sp³-hybridized carbons (Fsp3) is 0.150. The summed E-state index contributed by atoms with van der Waals surface area (Å²) in [6.45, 7) is 3.94. The SMILES string of the molecule is Cc1cc2nnc(SC(C)C(=O)Nc3ccccc3)n2c2ccccc12. The van der Waals surface area contributed by atoms with Crippen LogP contribution in [0.1, 0.15) is 12.5 Å². The third kappa shape index (κ3) is 3.04. The minimum Gasteiger partial charge on any atom is -0.325 e. The molecule has 0 aliphatic carbocycles. The van der Waals surface area contributed by atoms with Crippen LogP contribution in [-0.2, 0) is 4.79 Å². The van der Waals surface area contributed by atoms with E-state index in [9.17, 15) is 4.79 Å². The van der Waals surface area contributed by atoms with Crippen molar-refractivity contribution in [2.75, 3.05) is 5.32 Å². The second-order valence-corrected chi connectivity index (χ2v) is 7.44. The first kappa shape index (κ1) is 16.6. The monoisotopic (exact) mass is 362 g/mol. The Morgan fingerprint density at radius 1 is 1.08 bits per heavy atom. The number of carbonyl (C=O) groups is 1. The summed E-state index contributed by atoms with van der Waals surface area (Å²) in [5, 5.41) is 13.1. The maximum absolute atomic E-state index is 12.5. The number of amides is 1. The van der Waals surface area contributed by atoms with Crippen LogP contribution in [0, 0.1) is 6.92 Å². The average molecular weight is 362 g/mol. The van der Waals surface area contributed by atoms with E-state index in [-0.39, 0.29) is 11.2 Å². The molecular weight excluding hydrogens is 344 g/mol. The van der Waals surface area contributed by atoms with Crippen molar-refractivity contribution >= 4 is 39.9 Å². The lowest BCUT2D eigenvalue weighted by Gasteiger charge is -2.12. The van der Waals surface area contributed by atoms with Gasteiger partial charge in [0.05, 0.1) is 10.8 Å². The van der Waals surface area contributed by atoms with Gasteiger partial charge in [-0.25, -0.2) is 0 Å². The van der Waals surface area contributed by atoms with Crippen molar-refractivity contribution in [3.63, 3.8) is 0 Å². The van der Waals surface area contributed by atoms with Gasteiger partial charge >= 0.3 is 0 Å². The standard InChI is InChI=1S/C20H18N4OS/c1-13-12-18-22-23-20(24(18)17-11-7-6-10-16(13)17)26-14(2)19(25)21-15-8-4-3-5-9-15/h3-12,14H,1-2H3,(H,21,25). The number of hydrogen-bond acceptors (Lipinski definition) is 4. The average Bonchev–Trinajstić information content (AvgIpc) is 3.05. The number of aromatic nitrogens is 3. The normalized spacial score (nSPS) is 12.4. The zero-order valence-electron chi connectivity index (χ0n) is 14.5. The molecule has 1 N–H and O–H groups in total. The number of para-hydroxylation sites is 2. The van der Waals surface area contributed by atoms with Gasteiger partial charge in [-0.2, -0.15) is 0 Å². The van der Waals surface area contributed by atoms with Crippen molar-refractivity contribution in [2.45, 2.75) is 24.3 Å². The first-order valence-corrected chi connectivity index (χ1v) is 9.27. The molecule has 1 amide bonds. The Morgan fingerprint density at radius 2 is 1.81 bits per heavy atom. The number of thioether (sulfide) groups is 1. The molecule has 2 heterocycles. The molecule has 4 aromatic rings. The molecule has 1 unspecified atom stereocenters. The van der Waals surface area contributed by atoms with Gasteiger partial charge in [-0.3, -0.25) is 9.20 Å². The third-order valence-corrected chi connectivity index (χ3v) is 5.31. The Kier molecular flexibility index (Phi) is 4.34. The number of aryl methyl sites for hydroxylation is 1. The van der Waals surface area contributed by atoms with Crippen molar-refractivity contribution < 1.29 is 4.79 Å². The largest absolute Gasteiger partial charge is 0.325 e. The predicted molar refractivity (Wildman–Crippen MR) is 106 cm³/mol. The van der Waals surface area contributed by atoms with Crippen LogP contribution in [0.15, 0.2) is 65.8 Å². The number of hydrogen-bond donors (Lipinski definition) is 1. The molecule has 4 rings (SSSR count). The molecule has 2 aromatic carbocycles. The molecule has 0 bridgehead atoms. The Morgan fingerprint density at radius 3 is 2.62 bits per heavy atom. The summed E-state index contributed by atoms with van der Waals surface area (Å²) in [5.41, 5.74) is 3.79. The van der Waals surface area contributed by atoms with E-state index >= 15 is 0 Å². The minimum absolute atomic E-state index is 0.0608. The number of pyridine rings is 1. The summed E-state index contributed by atoms with van der Waals surface area (Å²) in [6.07, 6.45) is 0. The van der Waals surface area contributed by atoms with Gasteiger partial charge in [0.2, 0.25) is 5.91 Å². The van der Waals surface area contributed by atoms with E-state index in [2.05, 4.69) is 34.6 Å². The quantitative estimate of drug-likeness (QED) is 0.550. The van der Waals surface area contributed by atoms with Gasteiger partial charge in [-0.15, -0.1) is 10.2 Å². The lowest BCUT2D eigenvalue weighted by molar-refractivity contribution is -0.115. The second kappa shape index (κ2) is 6.80. The van der Waals surface area contributed by atoms with E-state index in [1.54, 1.807) is 0 Å². The maximum atomic E-state index is 12.5. The van der Waals surface area contributed by atoms with Gasteiger partial charge in [-0.05, 0) is 43.7 Å². The highest BCUT2D eigenvalue weighted by Crippen LogP contribution is 2.28. The predicted octanol–water partition coefficient (Wildman–Crippen LogP) is 4.31. The Hall–Kier alpha value is -2.86. The van der Waals surface area contributed by atoms with E-state index in [1.165, 1.54) is 11.8 Å². The minimum atomic E-state index is -0.303. The molecule has 0 radical (unpaired) electrons. The van der Waals surface area contributed by atoms with Crippen molar-refractivity contribution in [1.29, 1.82) is 0 Å². The molecule has 5 nitrogen and oxygen atoms in total. The summed E-state index contributed by atoms with van der Waals surface area (Å²) in [6, 6.07) is 19.6. The number of rotatable bonds is 4. The first-order chi connectivity index (χ1) is 12.6. The summed E-state index contributed by atoms with van der Waals surface area (Å²) < 4.78 is 2.01. The molecule has 0 spiro atoms. The number of nitrogens with one attached hydrogen (secondary N) is 1. The first-order valence-electron chi connectivity index (χ1n) is 8.39. The molecule has 26 heavy (non-hydrogen) atoms. The number of benzene rings is 2. The lowest BCUT2D eigenvalue weighted by Crippen LogP contribution is -2.22. The number of nitrogens with zero attached hydrogens (tertiary/aromatic N) is 3. The molecule has 130 valence electrons. The fourth-order valence-corrected chi connectivity index (χ4v) is 3.80. The van der Waals surface area contributed by atoms with E-state index in [4.69, 9.17) is 0 Å². The lowest BCUT2D eigenvalue weighted by atomic mass is 10.1. The highest BCUT2D eigenvalue weighted by molar-refractivity contribution is 8.00. The van der Waals surface area contributed by atoms with Crippen LogP contribution >= 0.6 is 11.8 Å². The van der Waals surface area contributed by atoms with Crippen LogP contribution in [0.5, 0.6) is 0 Å². The topological polar surface area (TPSA) is 59.3 Å². The fourth-order valence-electron chi connectivity index (χ4n) is 2.93. The van der Waals surface area contributed by atoms with Crippen LogP contribution in [0.3, 0.4) is 0 Å². The molecule has 6 heteroatoms. The van der Waals surface area contributed by atoms with Crippen molar-refractivity contribution in [3.05, 3.63) is 66.2 Å². The van der Waals surface area contributed by atoms with Gasteiger partial charge < -0.3 is 5.32 Å². The molecule has 2 aromatic heterocycles. The highest BCUT2D eigenvalue weighted by atomic mass is 32.2. The molecule has 1 atom stereocenters. The molecule has 0 saturated carbocycles. The van der Waals surface area contributed by atoms with Gasteiger partial charge in [-0.1, -0.05) is 48.2 Å². The van der Waals surface area contributed by atoms with Crippen LogP contribution in [-0.4, -0.2) is 25.8 Å². The Balaban J connectivity index is 1.65. The van der Waals surface area contributed by atoms with E-state index in [0.29, 0.717) is 5.16 Å². The van der Waals surface area contributed by atoms with Crippen molar-refractivity contribution in [3.8, 4) is 0 Å². The zero-order valence-corrected chi connectivity index (χ0v) is 15.3. The summed E-state index contributed by atoms with van der Waals surface area (Å²) in [5.74, 6) is -0.0608. The third-order valence-electron chi connectivity index (χ3n) is 4.27. The van der Waals surface area contributed by atoms with Gasteiger partial charge in [0.1, 0.15) is 0 Å². The van der Waals surface area contributed by atoms with Crippen LogP contribution < -0.4 is 5.32 Å². The van der Waals surface area contributed by atoms with E-state index in [0.717, 1.165) is 27.8 Å². The Labute approximate surface area is 155 Å². The smallest absolute Gasteiger partial charge is 0.237 e.